The number of aromatic hydroxyl groups is 1. The molecule has 0 fully saturated rings. The smallest absolute Gasteiger partial charge is 0.292 e. The number of nitrogens with one attached hydrogen (secondary N) is 2. The predicted octanol–water partition coefficient (Wildman–Crippen LogP) is 2.32. The zero-order valence-corrected chi connectivity index (χ0v) is 15.3. The quantitative estimate of drug-likeness (QED) is 0.599. The molecule has 0 aliphatic rings. The lowest BCUT2D eigenvalue weighted by molar-refractivity contribution is 0.0842. The number of phenolic OH excluding ortho intramolecular Hbond substituents is 1. The first-order valence-electron chi connectivity index (χ1n) is 7.95. The first kappa shape index (κ1) is 18.4. The number of halogens is 1. The second kappa shape index (κ2) is 7.46. The number of benzene rings is 2. The van der Waals surface area contributed by atoms with E-state index in [9.17, 15) is 14.7 Å². The van der Waals surface area contributed by atoms with E-state index in [0.29, 0.717) is 5.69 Å². The van der Waals surface area contributed by atoms with Gasteiger partial charge in [0.05, 0.1) is 16.9 Å². The van der Waals surface area contributed by atoms with Crippen molar-refractivity contribution in [3.63, 3.8) is 0 Å². The minimum absolute atomic E-state index is 0.0613. The Balaban J connectivity index is 1.72. The van der Waals surface area contributed by atoms with Crippen molar-refractivity contribution in [1.29, 1.82) is 0 Å². The molecule has 1 heterocycles. The van der Waals surface area contributed by atoms with Crippen molar-refractivity contribution >= 4 is 23.4 Å². The Kier molecular flexibility index (Phi) is 5.09. The van der Waals surface area contributed by atoms with Gasteiger partial charge in [-0.15, -0.1) is 5.10 Å². The van der Waals surface area contributed by atoms with Crippen LogP contribution in [0.3, 0.4) is 0 Å². The fourth-order valence-corrected chi connectivity index (χ4v) is 2.57. The third kappa shape index (κ3) is 3.90. The first-order chi connectivity index (χ1) is 12.9. The van der Waals surface area contributed by atoms with Gasteiger partial charge in [0.2, 0.25) is 0 Å². The van der Waals surface area contributed by atoms with Crippen molar-refractivity contribution in [1.82, 2.24) is 25.8 Å². The Morgan fingerprint density at radius 2 is 1.70 bits per heavy atom. The largest absolute Gasteiger partial charge is 0.507 e. The van der Waals surface area contributed by atoms with E-state index in [1.165, 1.54) is 22.9 Å². The van der Waals surface area contributed by atoms with Crippen molar-refractivity contribution in [2.45, 2.75) is 13.8 Å². The molecule has 0 atom stereocenters. The van der Waals surface area contributed by atoms with Gasteiger partial charge in [-0.3, -0.25) is 20.4 Å². The number of phenols is 1. The molecule has 0 aliphatic carbocycles. The monoisotopic (exact) mass is 385 g/mol. The topological polar surface area (TPSA) is 109 Å². The summed E-state index contributed by atoms with van der Waals surface area (Å²) in [6, 6.07) is 11.6. The average molecular weight is 386 g/mol. The highest BCUT2D eigenvalue weighted by Crippen LogP contribution is 2.21. The van der Waals surface area contributed by atoms with E-state index in [-0.39, 0.29) is 22.0 Å². The Morgan fingerprint density at radius 1 is 1.04 bits per heavy atom. The fourth-order valence-electron chi connectivity index (χ4n) is 2.40. The fraction of sp³-hybridized carbons (Fsp3) is 0.111. The van der Waals surface area contributed by atoms with E-state index in [1.54, 1.807) is 6.92 Å². The highest BCUT2D eigenvalue weighted by Gasteiger charge is 2.19. The normalized spacial score (nSPS) is 10.5. The summed E-state index contributed by atoms with van der Waals surface area (Å²) in [6.07, 6.45) is 0. The van der Waals surface area contributed by atoms with Crippen molar-refractivity contribution in [3.8, 4) is 11.4 Å². The number of carbonyl (C=O) groups is 2. The van der Waals surface area contributed by atoms with Crippen LogP contribution in [0.5, 0.6) is 5.75 Å². The van der Waals surface area contributed by atoms with Gasteiger partial charge in [-0.2, -0.15) is 0 Å². The lowest BCUT2D eigenvalue weighted by Gasteiger charge is -2.08. The van der Waals surface area contributed by atoms with E-state index in [0.717, 1.165) is 11.3 Å². The van der Waals surface area contributed by atoms with E-state index in [2.05, 4.69) is 21.2 Å². The molecular weight excluding hydrogens is 370 g/mol. The molecule has 8 nitrogen and oxygen atoms in total. The van der Waals surface area contributed by atoms with Crippen LogP contribution in [-0.4, -0.2) is 31.9 Å². The second-order valence-electron chi connectivity index (χ2n) is 5.84. The maximum atomic E-state index is 12.3. The molecule has 3 aromatic rings. The number of amides is 2. The van der Waals surface area contributed by atoms with Crippen molar-refractivity contribution in [2.75, 3.05) is 0 Å². The van der Waals surface area contributed by atoms with Crippen LogP contribution in [0, 0.1) is 13.8 Å². The highest BCUT2D eigenvalue weighted by molar-refractivity contribution is 6.31. The SMILES string of the molecule is Cc1ccc(-n2nnc(C(=O)NNC(=O)c3cc(Cl)ccc3O)c2C)cc1. The molecule has 0 aliphatic heterocycles. The molecule has 3 N–H and O–H groups in total. The zero-order valence-electron chi connectivity index (χ0n) is 14.5. The summed E-state index contributed by atoms with van der Waals surface area (Å²) in [6.45, 7) is 3.66. The summed E-state index contributed by atoms with van der Waals surface area (Å²) in [5.41, 5.74) is 6.83. The van der Waals surface area contributed by atoms with E-state index < -0.39 is 11.8 Å². The number of aryl methyl sites for hydroxylation is 1. The number of rotatable bonds is 3. The molecule has 0 unspecified atom stereocenters. The lowest BCUT2D eigenvalue weighted by Crippen LogP contribution is -2.42. The number of aromatic nitrogens is 3. The minimum Gasteiger partial charge on any atom is -0.507 e. The Hall–Kier alpha value is -3.39. The predicted molar refractivity (Wildman–Crippen MR) is 98.9 cm³/mol. The molecular formula is C18H16ClN5O3. The first-order valence-corrected chi connectivity index (χ1v) is 8.33. The summed E-state index contributed by atoms with van der Waals surface area (Å²) in [4.78, 5) is 24.4. The molecule has 0 spiro atoms. The van der Waals surface area contributed by atoms with Gasteiger partial charge in [-0.05, 0) is 44.2 Å². The van der Waals surface area contributed by atoms with Crippen LogP contribution in [0.1, 0.15) is 32.1 Å². The van der Waals surface area contributed by atoms with Crippen molar-refractivity contribution < 1.29 is 14.7 Å². The third-order valence-corrected chi connectivity index (χ3v) is 4.12. The molecule has 0 saturated carbocycles. The van der Waals surface area contributed by atoms with Gasteiger partial charge >= 0.3 is 0 Å². The van der Waals surface area contributed by atoms with Gasteiger partial charge in [-0.25, -0.2) is 4.68 Å². The lowest BCUT2D eigenvalue weighted by atomic mass is 10.2. The molecule has 1 aromatic heterocycles. The van der Waals surface area contributed by atoms with Crippen LogP contribution in [0.4, 0.5) is 0 Å². The van der Waals surface area contributed by atoms with E-state index >= 15 is 0 Å². The Morgan fingerprint density at radius 3 is 2.41 bits per heavy atom. The van der Waals surface area contributed by atoms with Gasteiger partial charge in [0.25, 0.3) is 11.8 Å². The molecule has 9 heteroatoms. The molecule has 0 bridgehead atoms. The molecule has 0 saturated heterocycles. The third-order valence-electron chi connectivity index (χ3n) is 3.88. The van der Waals surface area contributed by atoms with Gasteiger partial charge < -0.3 is 5.11 Å². The van der Waals surface area contributed by atoms with Crippen molar-refractivity contribution in [3.05, 3.63) is 70.0 Å². The number of hydrazine groups is 1. The maximum Gasteiger partial charge on any atom is 0.292 e. The summed E-state index contributed by atoms with van der Waals surface area (Å²) < 4.78 is 1.53. The van der Waals surface area contributed by atoms with Crippen LogP contribution >= 0.6 is 11.6 Å². The molecule has 2 aromatic carbocycles. The summed E-state index contributed by atoms with van der Waals surface area (Å²) in [5, 5.41) is 17.9. The van der Waals surface area contributed by atoms with E-state index in [1.807, 2.05) is 31.2 Å². The molecule has 2 amide bonds. The number of hydrogen-bond acceptors (Lipinski definition) is 5. The average Bonchev–Trinajstić information content (AvgIpc) is 3.03. The van der Waals surface area contributed by atoms with Gasteiger partial charge in [0, 0.05) is 5.02 Å². The Labute approximate surface area is 159 Å². The molecule has 0 radical (unpaired) electrons. The minimum atomic E-state index is -0.716. The van der Waals surface area contributed by atoms with Crippen LogP contribution in [0.2, 0.25) is 5.02 Å². The van der Waals surface area contributed by atoms with Gasteiger partial charge in [0.15, 0.2) is 5.69 Å². The van der Waals surface area contributed by atoms with Gasteiger partial charge in [0.1, 0.15) is 5.75 Å². The summed E-state index contributed by atoms with van der Waals surface area (Å²) in [5.74, 6) is -1.61. The van der Waals surface area contributed by atoms with Crippen molar-refractivity contribution in [2.24, 2.45) is 0 Å². The maximum absolute atomic E-state index is 12.3. The Bertz CT molecular complexity index is 1010. The summed E-state index contributed by atoms with van der Waals surface area (Å²) in [7, 11) is 0. The van der Waals surface area contributed by atoms with Crippen LogP contribution in [0.25, 0.3) is 5.69 Å². The number of nitrogens with zero attached hydrogens (tertiary/aromatic N) is 3. The molecule has 3 rings (SSSR count). The standard InChI is InChI=1S/C18H16ClN5O3/c1-10-3-6-13(7-4-10)24-11(2)16(20-23-24)18(27)22-21-17(26)14-9-12(19)5-8-15(14)25/h3-9,25H,1-2H3,(H,21,26)(H,22,27). The van der Waals surface area contributed by atoms with Crippen LogP contribution < -0.4 is 10.9 Å². The second-order valence-corrected chi connectivity index (χ2v) is 6.28. The highest BCUT2D eigenvalue weighted by atomic mass is 35.5. The zero-order chi connectivity index (χ0) is 19.6. The molecule has 27 heavy (non-hydrogen) atoms. The van der Waals surface area contributed by atoms with Crippen LogP contribution in [-0.2, 0) is 0 Å². The van der Waals surface area contributed by atoms with Gasteiger partial charge in [-0.1, -0.05) is 34.5 Å². The number of carbonyl (C=O) groups excluding carboxylic acids is 2. The summed E-state index contributed by atoms with van der Waals surface area (Å²) >= 11 is 5.81. The number of hydrogen-bond donors (Lipinski definition) is 3. The molecule has 138 valence electrons. The van der Waals surface area contributed by atoms with Crippen LogP contribution in [0.15, 0.2) is 42.5 Å². The van der Waals surface area contributed by atoms with E-state index in [4.69, 9.17) is 11.6 Å².